The van der Waals surface area contributed by atoms with Gasteiger partial charge in [0.15, 0.2) is 22.7 Å². The number of rotatable bonds is 5. The molecule has 0 radical (unpaired) electrons. The average molecular weight is 431 g/mol. The summed E-state index contributed by atoms with van der Waals surface area (Å²) < 4.78 is 5.06. The molecule has 3 N–H and O–H groups in total. The van der Waals surface area contributed by atoms with Gasteiger partial charge >= 0.3 is 5.97 Å². The Balaban J connectivity index is 2.16. The summed E-state index contributed by atoms with van der Waals surface area (Å²) in [6, 6.07) is 6.44. The van der Waals surface area contributed by atoms with Crippen LogP contribution in [0, 0.1) is 0 Å². The van der Waals surface area contributed by atoms with Gasteiger partial charge in [0.1, 0.15) is 5.02 Å². The summed E-state index contributed by atoms with van der Waals surface area (Å²) in [5, 5.41) is 1.98. The molecule has 0 fully saturated rings. The smallest absolute Gasteiger partial charge is 0.359 e. The molecule has 2 rings (SSSR count). The number of halogens is 3. The number of anilines is 2. The molecule has 0 aliphatic carbocycles. The third kappa shape index (κ3) is 4.68. The number of carbonyl (C=O) groups is 3. The number of nitrogens with zero attached hydrogens (tertiary/aromatic N) is 1. The number of ketones is 1. The lowest BCUT2D eigenvalue weighted by molar-refractivity contribution is -0.123. The number of hydrogen-bond donors (Lipinski definition) is 2. The number of ether oxygens (including phenoxy) is 1. The maximum atomic E-state index is 12.3. The number of Topliss-reactive ketones (excluding diaryl/α,β-unsaturated/α-hetero) is 1. The van der Waals surface area contributed by atoms with Crippen LogP contribution in [0.3, 0.4) is 0 Å². The van der Waals surface area contributed by atoms with Crippen molar-refractivity contribution in [2.24, 2.45) is 0 Å². The van der Waals surface area contributed by atoms with Gasteiger partial charge in [0.2, 0.25) is 0 Å². The van der Waals surface area contributed by atoms with Gasteiger partial charge in [0, 0.05) is 5.56 Å². The van der Waals surface area contributed by atoms with Gasteiger partial charge in [-0.1, -0.05) is 46.9 Å². The topological polar surface area (TPSA) is 111 Å². The van der Waals surface area contributed by atoms with E-state index >= 15 is 0 Å². The zero-order chi connectivity index (χ0) is 20.3. The highest BCUT2D eigenvalue weighted by Crippen LogP contribution is 2.34. The highest BCUT2D eigenvalue weighted by atomic mass is 35.5. The molecule has 0 aliphatic rings. The predicted octanol–water partition coefficient (Wildman–Crippen LogP) is 4.01. The molecule has 0 unspecified atom stereocenters. The molecular formula is C17H14Cl3N3O4. The first-order chi connectivity index (χ1) is 12.6. The van der Waals surface area contributed by atoms with Crippen molar-refractivity contribution < 1.29 is 19.1 Å². The van der Waals surface area contributed by atoms with Crippen LogP contribution < -0.4 is 11.1 Å². The summed E-state index contributed by atoms with van der Waals surface area (Å²) in [7, 11) is 0. The number of amides is 1. The number of benzene rings is 1. The Morgan fingerprint density at radius 3 is 2.41 bits per heavy atom. The number of nitrogens with one attached hydrogen (secondary N) is 1. The van der Waals surface area contributed by atoms with E-state index in [0.29, 0.717) is 11.3 Å². The highest BCUT2D eigenvalue weighted by Gasteiger charge is 2.25. The molecule has 1 amide bonds. The zero-order valence-electron chi connectivity index (χ0n) is 14.2. The molecule has 1 atom stereocenters. The van der Waals surface area contributed by atoms with Crippen LogP contribution in [0.1, 0.15) is 34.7 Å². The number of hydrogen-bond acceptors (Lipinski definition) is 6. The molecular weight excluding hydrogens is 417 g/mol. The van der Waals surface area contributed by atoms with Crippen molar-refractivity contribution in [2.75, 3.05) is 11.1 Å². The molecule has 0 spiro atoms. The molecule has 7 nitrogen and oxygen atoms in total. The van der Waals surface area contributed by atoms with Crippen molar-refractivity contribution in [2.45, 2.75) is 20.0 Å². The van der Waals surface area contributed by atoms with Gasteiger partial charge in [-0.3, -0.25) is 9.59 Å². The fourth-order valence-corrected chi connectivity index (χ4v) is 2.66. The van der Waals surface area contributed by atoms with E-state index in [1.54, 1.807) is 24.3 Å². The first kappa shape index (κ1) is 21.0. The van der Waals surface area contributed by atoms with Gasteiger partial charge in [0.25, 0.3) is 5.91 Å². The Morgan fingerprint density at radius 2 is 1.78 bits per heavy atom. The molecule has 2 aromatic rings. The van der Waals surface area contributed by atoms with Crippen LogP contribution in [0.4, 0.5) is 11.4 Å². The molecule has 142 valence electrons. The van der Waals surface area contributed by atoms with Gasteiger partial charge in [-0.05, 0) is 26.0 Å². The highest BCUT2D eigenvalue weighted by molar-refractivity contribution is 6.46. The van der Waals surface area contributed by atoms with Crippen LogP contribution in [-0.2, 0) is 9.53 Å². The summed E-state index contributed by atoms with van der Waals surface area (Å²) in [5.41, 5.74) is 5.78. The second-order valence-corrected chi connectivity index (χ2v) is 6.55. The number of pyridine rings is 1. The van der Waals surface area contributed by atoms with E-state index in [2.05, 4.69) is 10.3 Å². The van der Waals surface area contributed by atoms with Crippen molar-refractivity contribution in [1.29, 1.82) is 0 Å². The Kier molecular flexibility index (Phi) is 6.64. The van der Waals surface area contributed by atoms with E-state index < -0.39 is 18.0 Å². The number of nitrogen functional groups attached to an aromatic ring is 1. The van der Waals surface area contributed by atoms with Crippen molar-refractivity contribution in [3.63, 3.8) is 0 Å². The molecule has 10 heteroatoms. The van der Waals surface area contributed by atoms with E-state index in [0.717, 1.165) is 0 Å². The third-order valence-corrected chi connectivity index (χ3v) is 4.62. The minimum Gasteiger partial charge on any atom is -0.448 e. The summed E-state index contributed by atoms with van der Waals surface area (Å²) in [6.45, 7) is 2.72. The Labute approximate surface area is 169 Å². The monoisotopic (exact) mass is 429 g/mol. The second kappa shape index (κ2) is 8.56. The van der Waals surface area contributed by atoms with Crippen molar-refractivity contribution in [3.05, 3.63) is 50.7 Å². The predicted molar refractivity (Wildman–Crippen MR) is 104 cm³/mol. The fourth-order valence-electron chi connectivity index (χ4n) is 2.07. The lowest BCUT2D eigenvalue weighted by atomic mass is 10.1. The van der Waals surface area contributed by atoms with E-state index in [-0.39, 0.29) is 32.4 Å². The first-order valence-corrected chi connectivity index (χ1v) is 8.68. The van der Waals surface area contributed by atoms with Gasteiger partial charge in [-0.15, -0.1) is 0 Å². The van der Waals surface area contributed by atoms with E-state index in [9.17, 15) is 14.4 Å². The van der Waals surface area contributed by atoms with Gasteiger partial charge in [0.05, 0.1) is 16.4 Å². The van der Waals surface area contributed by atoms with Crippen molar-refractivity contribution in [1.82, 2.24) is 4.98 Å². The third-order valence-electron chi connectivity index (χ3n) is 3.48. The van der Waals surface area contributed by atoms with Crippen LogP contribution in [0.25, 0.3) is 0 Å². The van der Waals surface area contributed by atoms with E-state index in [1.807, 2.05) is 0 Å². The van der Waals surface area contributed by atoms with Crippen molar-refractivity contribution in [3.8, 4) is 0 Å². The number of esters is 1. The number of carbonyl (C=O) groups excluding carboxylic acids is 3. The summed E-state index contributed by atoms with van der Waals surface area (Å²) in [5.74, 6) is -1.88. The van der Waals surface area contributed by atoms with Crippen LogP contribution >= 0.6 is 34.8 Å². The fraction of sp³-hybridized carbons (Fsp3) is 0.176. The number of nitrogens with two attached hydrogens (primary N) is 1. The van der Waals surface area contributed by atoms with Crippen molar-refractivity contribution >= 4 is 63.8 Å². The first-order valence-electron chi connectivity index (χ1n) is 7.55. The van der Waals surface area contributed by atoms with Crippen LogP contribution in [0.15, 0.2) is 24.3 Å². The quantitative estimate of drug-likeness (QED) is 0.421. The zero-order valence-corrected chi connectivity index (χ0v) is 16.4. The Bertz CT molecular complexity index is 934. The van der Waals surface area contributed by atoms with E-state index in [4.69, 9.17) is 45.3 Å². The number of para-hydroxylation sites is 1. The Hall–Kier alpha value is -2.35. The maximum absolute atomic E-state index is 12.3. The maximum Gasteiger partial charge on any atom is 0.359 e. The summed E-state index contributed by atoms with van der Waals surface area (Å²) in [4.78, 5) is 39.9. The molecule has 0 saturated carbocycles. The van der Waals surface area contributed by atoms with Gasteiger partial charge in [-0.25, -0.2) is 9.78 Å². The second-order valence-electron chi connectivity index (χ2n) is 5.43. The lowest BCUT2D eigenvalue weighted by Gasteiger charge is -2.15. The van der Waals surface area contributed by atoms with Gasteiger partial charge < -0.3 is 15.8 Å². The molecule has 0 bridgehead atoms. The number of aromatic nitrogens is 1. The summed E-state index contributed by atoms with van der Waals surface area (Å²) in [6.07, 6.45) is -1.22. The molecule has 0 aliphatic heterocycles. The SMILES string of the molecule is CC(=O)c1ccccc1NC(=O)[C@H](C)OC(=O)c1nc(Cl)c(Cl)c(N)c1Cl. The molecule has 1 aromatic heterocycles. The molecule has 1 heterocycles. The van der Waals surface area contributed by atoms with E-state index in [1.165, 1.54) is 13.8 Å². The lowest BCUT2D eigenvalue weighted by Crippen LogP contribution is -2.31. The standard InChI is InChI=1S/C17H14Cl3N3O4/c1-7(24)9-5-3-4-6-10(9)22-16(25)8(2)27-17(26)14-11(18)13(21)12(19)15(20)23-14/h3-6,8H,1-2H3,(H2,21,23)(H,22,25)/t8-/m0/s1. The molecule has 0 saturated heterocycles. The normalized spacial score (nSPS) is 11.6. The van der Waals surface area contributed by atoms with Crippen LogP contribution in [0.2, 0.25) is 15.2 Å². The minimum atomic E-state index is -1.22. The minimum absolute atomic E-state index is 0.0927. The van der Waals surface area contributed by atoms with Crippen LogP contribution in [0.5, 0.6) is 0 Å². The molecule has 27 heavy (non-hydrogen) atoms. The Morgan fingerprint density at radius 1 is 1.15 bits per heavy atom. The largest absolute Gasteiger partial charge is 0.448 e. The summed E-state index contributed by atoms with van der Waals surface area (Å²) >= 11 is 17.5. The van der Waals surface area contributed by atoms with Crippen LogP contribution in [-0.4, -0.2) is 28.7 Å². The average Bonchev–Trinajstić information content (AvgIpc) is 2.62. The van der Waals surface area contributed by atoms with Gasteiger partial charge in [-0.2, -0.15) is 0 Å². The molecule has 1 aromatic carbocycles.